The smallest absolute Gasteiger partial charge is 0.257 e. The second kappa shape index (κ2) is 5.37. The predicted molar refractivity (Wildman–Crippen MR) is 72.4 cm³/mol. The molecule has 98 valence electrons. The minimum absolute atomic E-state index is 0.0416. The first-order valence-corrected chi connectivity index (χ1v) is 6.67. The molecular weight excluding hydrogens is 273 g/mol. The molecule has 0 aromatic heterocycles. The molecule has 1 aromatic carbocycles. The molecule has 1 aliphatic rings. The molecule has 0 heterocycles. The number of benzene rings is 1. The Kier molecular flexibility index (Phi) is 4.03. The second-order valence-corrected chi connectivity index (χ2v) is 5.84. The highest BCUT2D eigenvalue weighted by molar-refractivity contribution is 6.31. The maximum absolute atomic E-state index is 12.1. The molecule has 5 heteroatoms. The van der Waals surface area contributed by atoms with Crippen LogP contribution in [0.1, 0.15) is 23.2 Å². The maximum atomic E-state index is 12.1. The molecule has 0 bridgehead atoms. The van der Waals surface area contributed by atoms with Gasteiger partial charge in [-0.25, -0.2) is 0 Å². The number of hydrogen-bond donors (Lipinski definition) is 1. The zero-order valence-electron chi connectivity index (χ0n) is 10.1. The molecular formula is C13H15Cl2NO2. The molecule has 1 amide bonds. The molecule has 18 heavy (non-hydrogen) atoms. The van der Waals surface area contributed by atoms with Crippen molar-refractivity contribution in [3.63, 3.8) is 0 Å². The molecule has 2 rings (SSSR count). The minimum atomic E-state index is -0.215. The Morgan fingerprint density at radius 2 is 2.17 bits per heavy atom. The molecule has 0 radical (unpaired) electrons. The highest BCUT2D eigenvalue weighted by Gasteiger charge is 2.29. The van der Waals surface area contributed by atoms with E-state index in [1.165, 1.54) is 12.1 Å². The van der Waals surface area contributed by atoms with Crippen LogP contribution in [0.2, 0.25) is 5.02 Å². The molecule has 0 spiro atoms. The summed E-state index contributed by atoms with van der Waals surface area (Å²) in [7, 11) is 1.73. The zero-order chi connectivity index (χ0) is 13.3. The van der Waals surface area contributed by atoms with Gasteiger partial charge >= 0.3 is 0 Å². The Morgan fingerprint density at radius 1 is 1.50 bits per heavy atom. The van der Waals surface area contributed by atoms with Crippen LogP contribution >= 0.6 is 23.2 Å². The highest BCUT2D eigenvalue weighted by atomic mass is 35.5. The highest BCUT2D eigenvalue weighted by Crippen LogP contribution is 2.32. The number of phenols is 1. The number of carbonyl (C=O) groups is 1. The lowest BCUT2D eigenvalue weighted by Crippen LogP contribution is -2.37. The quantitative estimate of drug-likeness (QED) is 0.868. The van der Waals surface area contributed by atoms with E-state index in [2.05, 4.69) is 0 Å². The molecule has 0 aliphatic heterocycles. The molecule has 1 fully saturated rings. The molecule has 1 N–H and O–H groups in total. The van der Waals surface area contributed by atoms with Gasteiger partial charge in [0, 0.05) is 24.0 Å². The molecule has 1 aliphatic carbocycles. The summed E-state index contributed by atoms with van der Waals surface area (Å²) >= 11 is 11.7. The number of phenolic OH excluding ortho intramolecular Hbond substituents is 1. The van der Waals surface area contributed by atoms with Crippen LogP contribution in [0, 0.1) is 5.92 Å². The Morgan fingerprint density at radius 3 is 2.78 bits per heavy atom. The van der Waals surface area contributed by atoms with Gasteiger partial charge < -0.3 is 10.0 Å². The van der Waals surface area contributed by atoms with Gasteiger partial charge in [-0.1, -0.05) is 11.6 Å². The van der Waals surface area contributed by atoms with Crippen molar-refractivity contribution >= 4 is 29.1 Å². The number of amides is 1. The van der Waals surface area contributed by atoms with Crippen molar-refractivity contribution in [2.24, 2.45) is 5.92 Å². The predicted octanol–water partition coefficient (Wildman–Crippen LogP) is 3.14. The lowest BCUT2D eigenvalue weighted by atomic mass is 9.84. The number of carbonyl (C=O) groups excluding carboxylic acids is 1. The number of halogens is 2. The summed E-state index contributed by atoms with van der Waals surface area (Å²) in [5, 5.41) is 10.4. The van der Waals surface area contributed by atoms with Crippen LogP contribution in [-0.2, 0) is 0 Å². The van der Waals surface area contributed by atoms with E-state index in [1.807, 2.05) is 0 Å². The van der Waals surface area contributed by atoms with Crippen molar-refractivity contribution in [2.75, 3.05) is 13.6 Å². The molecule has 0 unspecified atom stereocenters. The molecule has 3 nitrogen and oxygen atoms in total. The first-order chi connectivity index (χ1) is 8.47. The van der Waals surface area contributed by atoms with E-state index in [0.717, 1.165) is 12.8 Å². The van der Waals surface area contributed by atoms with Gasteiger partial charge in [-0.15, -0.1) is 11.6 Å². The van der Waals surface area contributed by atoms with Crippen LogP contribution < -0.4 is 0 Å². The van der Waals surface area contributed by atoms with E-state index < -0.39 is 0 Å². The number of hydrogen-bond acceptors (Lipinski definition) is 2. The number of nitrogens with zero attached hydrogens (tertiary/aromatic N) is 1. The van der Waals surface area contributed by atoms with Gasteiger partial charge in [-0.05, 0) is 37.0 Å². The number of alkyl halides is 1. The maximum Gasteiger partial charge on any atom is 0.257 e. The summed E-state index contributed by atoms with van der Waals surface area (Å²) in [4.78, 5) is 13.8. The summed E-state index contributed by atoms with van der Waals surface area (Å²) in [6, 6.07) is 4.47. The van der Waals surface area contributed by atoms with Gasteiger partial charge in [0.05, 0.1) is 5.56 Å². The van der Waals surface area contributed by atoms with Crippen LogP contribution in [0.3, 0.4) is 0 Å². The largest absolute Gasteiger partial charge is 0.507 e. The molecule has 0 atom stereocenters. The normalized spacial score (nSPS) is 22.4. The van der Waals surface area contributed by atoms with Gasteiger partial charge in [-0.2, -0.15) is 0 Å². The van der Waals surface area contributed by atoms with E-state index in [0.29, 0.717) is 17.5 Å². The summed E-state index contributed by atoms with van der Waals surface area (Å²) in [6.45, 7) is 0.661. The van der Waals surface area contributed by atoms with E-state index in [-0.39, 0.29) is 22.6 Å². The van der Waals surface area contributed by atoms with Crippen molar-refractivity contribution in [1.82, 2.24) is 4.90 Å². The Bertz CT molecular complexity index is 458. The standard InChI is InChI=1S/C13H15Cl2NO2/c1-16(7-8-4-10(15)5-8)13(18)11-6-9(14)2-3-12(11)17/h2-3,6,8,10,17H,4-5,7H2,1H3. The van der Waals surface area contributed by atoms with Crippen LogP contribution in [0.15, 0.2) is 18.2 Å². The average Bonchev–Trinajstić information content (AvgIpc) is 2.29. The number of aromatic hydroxyl groups is 1. The van der Waals surface area contributed by atoms with Gasteiger partial charge in [0.2, 0.25) is 0 Å². The molecule has 0 saturated heterocycles. The van der Waals surface area contributed by atoms with E-state index in [4.69, 9.17) is 23.2 Å². The lowest BCUT2D eigenvalue weighted by molar-refractivity contribution is 0.0744. The van der Waals surface area contributed by atoms with Crippen LogP contribution in [-0.4, -0.2) is 34.9 Å². The third-order valence-corrected chi connectivity index (χ3v) is 3.84. The van der Waals surface area contributed by atoms with E-state index in [9.17, 15) is 9.90 Å². The Hall–Kier alpha value is -0.930. The lowest BCUT2D eigenvalue weighted by Gasteiger charge is -2.34. The average molecular weight is 288 g/mol. The van der Waals surface area contributed by atoms with Crippen molar-refractivity contribution in [3.8, 4) is 5.75 Å². The Balaban J connectivity index is 2.03. The van der Waals surface area contributed by atoms with Crippen LogP contribution in [0.25, 0.3) is 0 Å². The van der Waals surface area contributed by atoms with Gasteiger partial charge in [-0.3, -0.25) is 4.79 Å². The van der Waals surface area contributed by atoms with Crippen LogP contribution in [0.5, 0.6) is 5.75 Å². The van der Waals surface area contributed by atoms with E-state index in [1.54, 1.807) is 18.0 Å². The minimum Gasteiger partial charge on any atom is -0.507 e. The summed E-state index contributed by atoms with van der Waals surface area (Å²) in [6.07, 6.45) is 1.89. The Labute approximate surface area is 116 Å². The summed E-state index contributed by atoms with van der Waals surface area (Å²) < 4.78 is 0. The first-order valence-electron chi connectivity index (χ1n) is 5.85. The van der Waals surface area contributed by atoms with Gasteiger partial charge in [0.25, 0.3) is 5.91 Å². The monoisotopic (exact) mass is 287 g/mol. The van der Waals surface area contributed by atoms with Crippen molar-refractivity contribution in [2.45, 2.75) is 18.2 Å². The first kappa shape index (κ1) is 13.5. The van der Waals surface area contributed by atoms with Crippen LogP contribution in [0.4, 0.5) is 0 Å². The third kappa shape index (κ3) is 2.90. The zero-order valence-corrected chi connectivity index (χ0v) is 11.6. The topological polar surface area (TPSA) is 40.5 Å². The van der Waals surface area contributed by atoms with Crippen molar-refractivity contribution in [1.29, 1.82) is 0 Å². The third-order valence-electron chi connectivity index (χ3n) is 3.25. The summed E-state index contributed by atoms with van der Waals surface area (Å²) in [5.74, 6) is 0.205. The van der Waals surface area contributed by atoms with Gasteiger partial charge in [0.15, 0.2) is 0 Å². The second-order valence-electron chi connectivity index (χ2n) is 4.78. The SMILES string of the molecule is CN(CC1CC(Cl)C1)C(=O)c1cc(Cl)ccc1O. The number of rotatable bonds is 3. The molecule has 1 saturated carbocycles. The summed E-state index contributed by atoms with van der Waals surface area (Å²) in [5.41, 5.74) is 0.242. The van der Waals surface area contributed by atoms with Crippen molar-refractivity contribution < 1.29 is 9.90 Å². The fourth-order valence-corrected chi connectivity index (χ4v) is 2.83. The van der Waals surface area contributed by atoms with Gasteiger partial charge in [0.1, 0.15) is 5.75 Å². The fraction of sp³-hybridized carbons (Fsp3) is 0.462. The fourth-order valence-electron chi connectivity index (χ4n) is 2.16. The van der Waals surface area contributed by atoms with Crippen molar-refractivity contribution in [3.05, 3.63) is 28.8 Å². The van der Waals surface area contributed by atoms with E-state index >= 15 is 0 Å². The molecule has 1 aromatic rings.